The van der Waals surface area contributed by atoms with Crippen molar-refractivity contribution in [2.45, 2.75) is 24.9 Å². The Morgan fingerprint density at radius 1 is 1.18 bits per heavy atom. The van der Waals surface area contributed by atoms with Crippen molar-refractivity contribution in [1.82, 2.24) is 5.32 Å². The Morgan fingerprint density at radius 3 is 2.35 bits per heavy atom. The summed E-state index contributed by atoms with van der Waals surface area (Å²) in [6.45, 7) is 1.82. The SMILES string of the molecule is Nc1cc(C2CCNCC2)ccc1C(F)(F)F. The lowest BCUT2D eigenvalue weighted by Crippen LogP contribution is -2.26. The molecule has 3 N–H and O–H groups in total. The van der Waals surface area contributed by atoms with Crippen LogP contribution in [0.3, 0.4) is 0 Å². The van der Waals surface area contributed by atoms with Crippen LogP contribution >= 0.6 is 0 Å². The second-order valence-corrected chi connectivity index (χ2v) is 4.37. The van der Waals surface area contributed by atoms with Crippen LogP contribution in [-0.4, -0.2) is 13.1 Å². The monoisotopic (exact) mass is 244 g/mol. The Bertz CT molecular complexity index is 395. The molecule has 0 atom stereocenters. The van der Waals surface area contributed by atoms with E-state index in [0.717, 1.165) is 37.6 Å². The van der Waals surface area contributed by atoms with Crippen LogP contribution in [0.25, 0.3) is 0 Å². The summed E-state index contributed by atoms with van der Waals surface area (Å²) in [5, 5.41) is 3.22. The Balaban J connectivity index is 2.24. The van der Waals surface area contributed by atoms with Crippen molar-refractivity contribution in [2.24, 2.45) is 0 Å². The lowest BCUT2D eigenvalue weighted by atomic mass is 9.89. The number of nitrogens with two attached hydrogens (primary N) is 1. The maximum absolute atomic E-state index is 12.5. The lowest BCUT2D eigenvalue weighted by Gasteiger charge is -2.23. The van der Waals surface area contributed by atoms with Gasteiger partial charge in [-0.1, -0.05) is 6.07 Å². The zero-order valence-electron chi connectivity index (χ0n) is 9.35. The fraction of sp³-hybridized carbons (Fsp3) is 0.500. The molecule has 1 fully saturated rings. The molecule has 0 aromatic heterocycles. The molecular weight excluding hydrogens is 229 g/mol. The summed E-state index contributed by atoms with van der Waals surface area (Å²) < 4.78 is 37.6. The molecule has 1 aromatic rings. The number of halogens is 3. The first-order chi connectivity index (χ1) is 7.98. The molecule has 0 aliphatic carbocycles. The van der Waals surface area contributed by atoms with E-state index in [1.165, 1.54) is 6.07 Å². The molecule has 2 nitrogen and oxygen atoms in total. The predicted molar refractivity (Wildman–Crippen MR) is 60.7 cm³/mol. The molecule has 5 heteroatoms. The van der Waals surface area contributed by atoms with Gasteiger partial charge < -0.3 is 11.1 Å². The largest absolute Gasteiger partial charge is 0.418 e. The topological polar surface area (TPSA) is 38.0 Å². The summed E-state index contributed by atoms with van der Waals surface area (Å²) in [5.41, 5.74) is 5.48. The van der Waals surface area contributed by atoms with E-state index in [2.05, 4.69) is 5.32 Å². The second kappa shape index (κ2) is 4.56. The third-order valence-electron chi connectivity index (χ3n) is 3.19. The van der Waals surface area contributed by atoms with E-state index < -0.39 is 11.7 Å². The van der Waals surface area contributed by atoms with Gasteiger partial charge in [0.05, 0.1) is 5.56 Å². The van der Waals surface area contributed by atoms with E-state index in [1.807, 2.05) is 0 Å². The zero-order chi connectivity index (χ0) is 12.5. The number of hydrogen-bond acceptors (Lipinski definition) is 2. The third-order valence-corrected chi connectivity index (χ3v) is 3.19. The quantitative estimate of drug-likeness (QED) is 0.745. The van der Waals surface area contributed by atoms with Gasteiger partial charge in [-0.15, -0.1) is 0 Å². The normalized spacial score (nSPS) is 18.3. The van der Waals surface area contributed by atoms with Crippen molar-refractivity contribution < 1.29 is 13.2 Å². The van der Waals surface area contributed by atoms with Crippen molar-refractivity contribution >= 4 is 5.69 Å². The van der Waals surface area contributed by atoms with Crippen LogP contribution < -0.4 is 11.1 Å². The lowest BCUT2D eigenvalue weighted by molar-refractivity contribution is -0.136. The summed E-state index contributed by atoms with van der Waals surface area (Å²) in [4.78, 5) is 0. The Morgan fingerprint density at radius 2 is 1.82 bits per heavy atom. The fourth-order valence-electron chi connectivity index (χ4n) is 2.25. The van der Waals surface area contributed by atoms with Crippen LogP contribution in [0, 0.1) is 0 Å². The van der Waals surface area contributed by atoms with Gasteiger partial charge in [-0.3, -0.25) is 0 Å². The number of anilines is 1. The molecule has 2 rings (SSSR count). The predicted octanol–water partition coefficient (Wildman–Crippen LogP) is 2.75. The number of rotatable bonds is 1. The first kappa shape index (κ1) is 12.2. The first-order valence-electron chi connectivity index (χ1n) is 5.66. The summed E-state index contributed by atoms with van der Waals surface area (Å²) in [7, 11) is 0. The van der Waals surface area contributed by atoms with Gasteiger partial charge >= 0.3 is 6.18 Å². The molecule has 1 aliphatic rings. The van der Waals surface area contributed by atoms with Gasteiger partial charge in [0.1, 0.15) is 0 Å². The minimum atomic E-state index is -4.36. The first-order valence-corrected chi connectivity index (χ1v) is 5.66. The number of hydrogen-bond donors (Lipinski definition) is 2. The van der Waals surface area contributed by atoms with Gasteiger partial charge in [-0.05, 0) is 49.5 Å². The number of benzene rings is 1. The Labute approximate surface area is 98.0 Å². The van der Waals surface area contributed by atoms with Crippen LogP contribution in [-0.2, 0) is 6.18 Å². The average molecular weight is 244 g/mol. The molecule has 0 spiro atoms. The number of nitrogens with one attached hydrogen (secondary N) is 1. The molecule has 1 aromatic carbocycles. The van der Waals surface area contributed by atoms with Crippen molar-refractivity contribution in [3.05, 3.63) is 29.3 Å². The molecule has 1 aliphatic heterocycles. The molecule has 17 heavy (non-hydrogen) atoms. The highest BCUT2D eigenvalue weighted by atomic mass is 19.4. The number of nitrogen functional groups attached to an aromatic ring is 1. The van der Waals surface area contributed by atoms with E-state index in [9.17, 15) is 13.2 Å². The molecule has 0 bridgehead atoms. The standard InChI is InChI=1S/C12H15F3N2/c13-12(14,15)10-2-1-9(7-11(10)16)8-3-5-17-6-4-8/h1-2,7-8,17H,3-6,16H2. The minimum Gasteiger partial charge on any atom is -0.398 e. The summed E-state index contributed by atoms with van der Waals surface area (Å²) >= 11 is 0. The molecule has 0 saturated carbocycles. The van der Waals surface area contributed by atoms with Crippen LogP contribution in [0.4, 0.5) is 18.9 Å². The smallest absolute Gasteiger partial charge is 0.398 e. The third kappa shape index (κ3) is 2.72. The molecule has 0 unspecified atom stereocenters. The number of alkyl halides is 3. The molecule has 0 radical (unpaired) electrons. The van der Waals surface area contributed by atoms with Gasteiger partial charge in [0.15, 0.2) is 0 Å². The molecule has 94 valence electrons. The molecule has 1 heterocycles. The highest BCUT2D eigenvalue weighted by Gasteiger charge is 2.33. The zero-order valence-corrected chi connectivity index (χ0v) is 9.35. The summed E-state index contributed by atoms with van der Waals surface area (Å²) in [5.74, 6) is 0.320. The van der Waals surface area contributed by atoms with Crippen molar-refractivity contribution in [3.8, 4) is 0 Å². The fourth-order valence-corrected chi connectivity index (χ4v) is 2.25. The van der Waals surface area contributed by atoms with Crippen molar-refractivity contribution in [2.75, 3.05) is 18.8 Å². The van der Waals surface area contributed by atoms with E-state index in [-0.39, 0.29) is 5.69 Å². The van der Waals surface area contributed by atoms with E-state index in [1.54, 1.807) is 6.07 Å². The van der Waals surface area contributed by atoms with Gasteiger partial charge in [0.25, 0.3) is 0 Å². The van der Waals surface area contributed by atoms with Gasteiger partial charge in [-0.25, -0.2) is 0 Å². The van der Waals surface area contributed by atoms with E-state index in [0.29, 0.717) is 5.92 Å². The van der Waals surface area contributed by atoms with Crippen LogP contribution in [0.1, 0.15) is 29.9 Å². The molecule has 0 amide bonds. The van der Waals surface area contributed by atoms with Crippen LogP contribution in [0.15, 0.2) is 18.2 Å². The van der Waals surface area contributed by atoms with Crippen LogP contribution in [0.5, 0.6) is 0 Å². The van der Waals surface area contributed by atoms with Crippen LogP contribution in [0.2, 0.25) is 0 Å². The van der Waals surface area contributed by atoms with Crippen molar-refractivity contribution in [3.63, 3.8) is 0 Å². The second-order valence-electron chi connectivity index (χ2n) is 4.37. The van der Waals surface area contributed by atoms with Gasteiger partial charge in [0.2, 0.25) is 0 Å². The Hall–Kier alpha value is -1.23. The van der Waals surface area contributed by atoms with Crippen molar-refractivity contribution in [1.29, 1.82) is 0 Å². The average Bonchev–Trinajstić information content (AvgIpc) is 2.28. The maximum Gasteiger partial charge on any atom is 0.418 e. The summed E-state index contributed by atoms with van der Waals surface area (Å²) in [6, 6.07) is 4.11. The molecule has 1 saturated heterocycles. The van der Waals surface area contributed by atoms with Gasteiger partial charge in [0, 0.05) is 5.69 Å². The minimum absolute atomic E-state index is 0.173. The molecular formula is C12H15F3N2. The highest BCUT2D eigenvalue weighted by molar-refractivity contribution is 5.51. The van der Waals surface area contributed by atoms with Gasteiger partial charge in [-0.2, -0.15) is 13.2 Å². The Kier molecular flexibility index (Phi) is 3.28. The highest BCUT2D eigenvalue weighted by Crippen LogP contribution is 2.36. The van der Waals surface area contributed by atoms with E-state index >= 15 is 0 Å². The number of piperidine rings is 1. The maximum atomic E-state index is 12.5. The summed E-state index contributed by atoms with van der Waals surface area (Å²) in [6.07, 6.45) is -2.47. The van der Waals surface area contributed by atoms with E-state index in [4.69, 9.17) is 5.73 Å².